The first kappa shape index (κ1) is 26.0. The highest BCUT2D eigenvalue weighted by Gasteiger charge is 2.58. The van der Waals surface area contributed by atoms with Gasteiger partial charge in [-0.2, -0.15) is 0 Å². The van der Waals surface area contributed by atoms with Crippen molar-refractivity contribution in [2.24, 2.45) is 0 Å². The Morgan fingerprint density at radius 3 is 2.14 bits per heavy atom. The predicted molar refractivity (Wildman–Crippen MR) is 135 cm³/mol. The smallest absolute Gasteiger partial charge is 0.328 e. The number of carbonyl (C=O) groups excluding carboxylic acids is 3. The third-order valence-corrected chi connectivity index (χ3v) is 7.33. The minimum Gasteiger partial charge on any atom is -0.496 e. The molecule has 10 nitrogen and oxygen atoms in total. The molecule has 37 heavy (non-hydrogen) atoms. The Kier molecular flexibility index (Phi) is 7.37. The van der Waals surface area contributed by atoms with E-state index in [4.69, 9.17) is 9.47 Å². The third kappa shape index (κ3) is 4.71. The Hall–Kier alpha value is -4.08. The molecule has 1 atom stereocenters. The predicted octanol–water partition coefficient (Wildman–Crippen LogP) is 3.55. The summed E-state index contributed by atoms with van der Waals surface area (Å²) in [5.41, 5.74) is 0.377. The van der Waals surface area contributed by atoms with E-state index >= 15 is 0 Å². The van der Waals surface area contributed by atoms with Crippen LogP contribution in [0.5, 0.6) is 11.5 Å². The Morgan fingerprint density at radius 2 is 1.59 bits per heavy atom. The summed E-state index contributed by atoms with van der Waals surface area (Å²) in [6, 6.07) is 9.71. The topological polar surface area (TPSA) is 125 Å². The van der Waals surface area contributed by atoms with Crippen LogP contribution in [0.15, 0.2) is 42.5 Å². The number of benzene rings is 2. The molecule has 1 unspecified atom stereocenters. The van der Waals surface area contributed by atoms with Crippen LogP contribution in [0, 0.1) is 0 Å². The molecule has 2 aromatic rings. The van der Waals surface area contributed by atoms with Gasteiger partial charge in [0.15, 0.2) is 0 Å². The molecule has 4 amide bonds. The minimum atomic E-state index is -1.33. The molecule has 1 spiro atoms. The van der Waals surface area contributed by atoms with Gasteiger partial charge in [-0.3, -0.25) is 9.59 Å². The van der Waals surface area contributed by atoms with Crippen LogP contribution < -0.4 is 14.8 Å². The van der Waals surface area contributed by atoms with Crippen molar-refractivity contribution in [3.8, 4) is 11.5 Å². The van der Waals surface area contributed by atoms with Gasteiger partial charge in [-0.05, 0) is 42.7 Å². The first-order chi connectivity index (χ1) is 17.7. The maximum absolute atomic E-state index is 13.4. The van der Waals surface area contributed by atoms with E-state index in [1.165, 1.54) is 19.1 Å². The van der Waals surface area contributed by atoms with Crippen molar-refractivity contribution in [1.82, 2.24) is 9.80 Å². The van der Waals surface area contributed by atoms with E-state index in [-0.39, 0.29) is 12.0 Å². The number of imide groups is 1. The normalized spacial score (nSPS) is 17.6. The number of urea groups is 1. The van der Waals surface area contributed by atoms with Gasteiger partial charge in [0.25, 0.3) is 11.8 Å². The van der Waals surface area contributed by atoms with Gasteiger partial charge >= 0.3 is 12.0 Å². The van der Waals surface area contributed by atoms with Crippen molar-refractivity contribution in [2.75, 3.05) is 26.6 Å². The number of nitrogens with zero attached hydrogens (tertiary/aromatic N) is 2. The van der Waals surface area contributed by atoms with E-state index in [0.29, 0.717) is 35.6 Å². The van der Waals surface area contributed by atoms with Gasteiger partial charge in [0.05, 0.1) is 14.2 Å². The second kappa shape index (κ2) is 10.5. The molecule has 1 aliphatic heterocycles. The summed E-state index contributed by atoms with van der Waals surface area (Å²) >= 11 is 0. The number of rotatable bonds is 8. The number of carbonyl (C=O) groups is 4. The number of methoxy groups -OCH3 is 2. The van der Waals surface area contributed by atoms with Gasteiger partial charge in [0.2, 0.25) is 0 Å². The van der Waals surface area contributed by atoms with Gasteiger partial charge in [-0.1, -0.05) is 37.5 Å². The van der Waals surface area contributed by atoms with Crippen molar-refractivity contribution in [2.45, 2.75) is 50.1 Å². The Labute approximate surface area is 215 Å². The van der Waals surface area contributed by atoms with E-state index < -0.39 is 35.4 Å². The molecule has 0 bridgehead atoms. The van der Waals surface area contributed by atoms with Crippen molar-refractivity contribution in [3.63, 3.8) is 0 Å². The number of anilines is 1. The number of amides is 4. The van der Waals surface area contributed by atoms with Crippen LogP contribution in [0.2, 0.25) is 0 Å². The van der Waals surface area contributed by atoms with Crippen molar-refractivity contribution in [1.29, 1.82) is 0 Å². The minimum absolute atomic E-state index is 0.0503. The van der Waals surface area contributed by atoms with Crippen LogP contribution in [-0.2, 0) is 16.0 Å². The lowest BCUT2D eigenvalue weighted by Gasteiger charge is -2.36. The van der Waals surface area contributed by atoms with Crippen LogP contribution >= 0.6 is 0 Å². The molecule has 1 aliphatic carbocycles. The zero-order valence-corrected chi connectivity index (χ0v) is 21.2. The highest BCUT2D eigenvalue weighted by Crippen LogP contribution is 2.40. The van der Waals surface area contributed by atoms with Gasteiger partial charge < -0.3 is 24.8 Å². The van der Waals surface area contributed by atoms with E-state index in [1.54, 1.807) is 49.5 Å². The molecule has 1 heterocycles. The largest absolute Gasteiger partial charge is 0.496 e. The second-order valence-electron chi connectivity index (χ2n) is 9.36. The molecular formula is C27H31N3O7. The Bertz CT molecular complexity index is 1180. The summed E-state index contributed by atoms with van der Waals surface area (Å²) in [7, 11) is 4.50. The van der Waals surface area contributed by atoms with Crippen molar-refractivity contribution < 1.29 is 33.8 Å². The summed E-state index contributed by atoms with van der Waals surface area (Å²) in [6.45, 7) is 0. The third-order valence-electron chi connectivity index (χ3n) is 7.33. The second-order valence-corrected chi connectivity index (χ2v) is 9.36. The molecule has 2 aliphatic rings. The zero-order valence-electron chi connectivity index (χ0n) is 21.2. The molecule has 0 radical (unpaired) electrons. The lowest BCUT2D eigenvalue weighted by atomic mass is 9.80. The molecule has 1 saturated heterocycles. The van der Waals surface area contributed by atoms with E-state index in [1.807, 2.05) is 0 Å². The summed E-state index contributed by atoms with van der Waals surface area (Å²) in [6.07, 6.45) is 3.67. The number of ether oxygens (including phenoxy) is 2. The quantitative estimate of drug-likeness (QED) is 0.521. The van der Waals surface area contributed by atoms with Gasteiger partial charge in [-0.15, -0.1) is 0 Å². The van der Waals surface area contributed by atoms with Gasteiger partial charge in [0.1, 0.15) is 28.6 Å². The fourth-order valence-corrected chi connectivity index (χ4v) is 5.27. The van der Waals surface area contributed by atoms with Gasteiger partial charge in [0, 0.05) is 19.2 Å². The molecule has 2 fully saturated rings. The molecule has 2 N–H and O–H groups in total. The number of aliphatic carboxylic acids is 1. The molecule has 10 heteroatoms. The Balaban J connectivity index is 1.51. The highest BCUT2D eigenvalue weighted by molar-refractivity contribution is 6.09. The summed E-state index contributed by atoms with van der Waals surface area (Å²) in [4.78, 5) is 53.9. The average molecular weight is 510 g/mol. The average Bonchev–Trinajstić information content (AvgIpc) is 3.08. The number of hydrogen-bond donors (Lipinski definition) is 2. The number of carboxylic acids is 1. The summed E-state index contributed by atoms with van der Waals surface area (Å²) in [5, 5.41) is 12.7. The zero-order chi connectivity index (χ0) is 26.7. The summed E-state index contributed by atoms with van der Waals surface area (Å²) in [5.74, 6) is -1.39. The van der Waals surface area contributed by atoms with Gasteiger partial charge in [-0.25, -0.2) is 14.5 Å². The molecule has 196 valence electrons. The fourth-order valence-electron chi connectivity index (χ4n) is 5.27. The van der Waals surface area contributed by atoms with Crippen LogP contribution in [0.25, 0.3) is 0 Å². The maximum atomic E-state index is 13.4. The van der Waals surface area contributed by atoms with Crippen LogP contribution in [0.4, 0.5) is 10.5 Å². The number of likely N-dealkylation sites (N-methyl/N-ethyl adjacent to an activating group) is 1. The van der Waals surface area contributed by atoms with Crippen LogP contribution in [0.1, 0.15) is 48.0 Å². The number of hydrogen-bond acceptors (Lipinski definition) is 6. The number of carboxylic acid groups (broad SMARTS) is 1. The first-order valence-corrected chi connectivity index (χ1v) is 12.2. The fraction of sp³-hybridized carbons (Fsp3) is 0.407. The number of nitrogens with one attached hydrogen (secondary N) is 1. The molecule has 4 rings (SSSR count). The molecule has 2 aromatic carbocycles. The Morgan fingerprint density at radius 1 is 1.00 bits per heavy atom. The molecular weight excluding hydrogens is 478 g/mol. The van der Waals surface area contributed by atoms with Crippen molar-refractivity contribution >= 4 is 29.5 Å². The van der Waals surface area contributed by atoms with Crippen LogP contribution in [-0.4, -0.2) is 71.6 Å². The SMILES string of the molecule is COc1cccc(OC)c1C(=O)Nc1ccc(CC(C(=O)O)N2C(=O)N(C)C3(CCCCC3)C2=O)cc1. The lowest BCUT2D eigenvalue weighted by molar-refractivity contribution is -0.148. The van der Waals surface area contributed by atoms with E-state index in [9.17, 15) is 24.3 Å². The van der Waals surface area contributed by atoms with E-state index in [0.717, 1.165) is 24.2 Å². The summed E-state index contributed by atoms with van der Waals surface area (Å²) < 4.78 is 10.6. The monoisotopic (exact) mass is 509 g/mol. The first-order valence-electron chi connectivity index (χ1n) is 12.2. The van der Waals surface area contributed by atoms with Crippen LogP contribution in [0.3, 0.4) is 0 Å². The molecule has 1 saturated carbocycles. The van der Waals surface area contributed by atoms with E-state index in [2.05, 4.69) is 5.32 Å². The highest BCUT2D eigenvalue weighted by atomic mass is 16.5. The standard InChI is InChI=1S/C27H31N3O7/c1-29-26(35)30(25(34)27(29)14-5-4-6-15-27)19(24(32)33)16-17-10-12-18(13-11-17)28-23(31)22-20(36-2)8-7-9-21(22)37-3/h7-13,19H,4-6,14-16H2,1-3H3,(H,28,31)(H,32,33). The maximum Gasteiger partial charge on any atom is 0.328 e. The van der Waals surface area contributed by atoms with Crippen molar-refractivity contribution in [3.05, 3.63) is 53.6 Å². The molecule has 0 aromatic heterocycles. The lowest BCUT2D eigenvalue weighted by Crippen LogP contribution is -2.51.